The van der Waals surface area contributed by atoms with Crippen LogP contribution in [0, 0.1) is 5.92 Å². The number of pyridine rings is 1. The van der Waals surface area contributed by atoms with Crippen molar-refractivity contribution < 1.29 is 4.79 Å². The van der Waals surface area contributed by atoms with Crippen LogP contribution in [0.5, 0.6) is 0 Å². The molecule has 0 radical (unpaired) electrons. The topological polar surface area (TPSA) is 45.2 Å². The van der Waals surface area contributed by atoms with Gasteiger partial charge >= 0.3 is 6.03 Å². The Morgan fingerprint density at radius 3 is 2.38 bits per heavy atom. The Balaban J connectivity index is 2.12. The second kappa shape index (κ2) is 9.06. The summed E-state index contributed by atoms with van der Waals surface area (Å²) in [5.74, 6) is 0.412. The average Bonchev–Trinajstić information content (AvgIpc) is 2.61. The molecule has 24 heavy (non-hydrogen) atoms. The molecule has 2 amide bonds. The average molecular weight is 325 g/mol. The van der Waals surface area contributed by atoms with E-state index >= 15 is 0 Å². The highest BCUT2D eigenvalue weighted by atomic mass is 16.2. The second-order valence-corrected chi connectivity index (χ2v) is 6.40. The number of urea groups is 1. The maximum atomic E-state index is 12.8. The van der Waals surface area contributed by atoms with Crippen LogP contribution in [-0.2, 0) is 6.54 Å². The number of nitrogens with one attached hydrogen (secondary N) is 1. The van der Waals surface area contributed by atoms with Crippen LogP contribution in [0.2, 0.25) is 0 Å². The van der Waals surface area contributed by atoms with E-state index in [1.807, 2.05) is 35.2 Å². The Hall–Kier alpha value is -2.36. The monoisotopic (exact) mass is 325 g/mol. The molecule has 0 aliphatic rings. The van der Waals surface area contributed by atoms with E-state index in [-0.39, 0.29) is 12.1 Å². The maximum absolute atomic E-state index is 12.8. The smallest absolute Gasteiger partial charge is 0.318 e. The molecule has 1 aromatic heterocycles. The minimum atomic E-state index is -0.0174. The van der Waals surface area contributed by atoms with E-state index in [1.165, 1.54) is 5.56 Å². The van der Waals surface area contributed by atoms with E-state index in [9.17, 15) is 4.79 Å². The largest absolute Gasteiger partial charge is 0.334 e. The summed E-state index contributed by atoms with van der Waals surface area (Å²) in [5.41, 5.74) is 2.23. The van der Waals surface area contributed by atoms with Crippen LogP contribution in [0.3, 0.4) is 0 Å². The van der Waals surface area contributed by atoms with Gasteiger partial charge in [0.05, 0.1) is 6.04 Å². The highest BCUT2D eigenvalue weighted by Gasteiger charge is 2.24. The molecule has 1 aromatic carbocycles. The molecule has 4 nitrogen and oxygen atoms in total. The lowest BCUT2D eigenvalue weighted by atomic mass is 10.0. The zero-order chi connectivity index (χ0) is 17.4. The number of carbonyl (C=O) groups is 1. The van der Waals surface area contributed by atoms with Crippen LogP contribution in [0.4, 0.5) is 4.79 Å². The molecule has 0 spiro atoms. The van der Waals surface area contributed by atoms with Gasteiger partial charge in [-0.15, -0.1) is 0 Å². The van der Waals surface area contributed by atoms with Crippen molar-refractivity contribution in [3.05, 3.63) is 66.0 Å². The van der Waals surface area contributed by atoms with Gasteiger partial charge in [0.25, 0.3) is 0 Å². The summed E-state index contributed by atoms with van der Waals surface area (Å²) in [7, 11) is 0. The van der Waals surface area contributed by atoms with Crippen molar-refractivity contribution in [3.8, 4) is 0 Å². The number of amides is 2. The van der Waals surface area contributed by atoms with Crippen LogP contribution >= 0.6 is 0 Å². The van der Waals surface area contributed by atoms with Crippen molar-refractivity contribution in [1.29, 1.82) is 0 Å². The molecular formula is C20H27N3O. The summed E-state index contributed by atoms with van der Waals surface area (Å²) in [6, 6.07) is 14.2. The molecule has 1 heterocycles. The van der Waals surface area contributed by atoms with E-state index in [4.69, 9.17) is 0 Å². The van der Waals surface area contributed by atoms with Gasteiger partial charge in [0, 0.05) is 25.5 Å². The Bertz CT molecular complexity index is 613. The molecule has 0 unspecified atom stereocenters. The van der Waals surface area contributed by atoms with E-state index in [0.717, 1.165) is 18.5 Å². The predicted octanol–water partition coefficient (Wildman–Crippen LogP) is 4.40. The van der Waals surface area contributed by atoms with Gasteiger partial charge in [-0.1, -0.05) is 51.1 Å². The van der Waals surface area contributed by atoms with E-state index < -0.39 is 0 Å². The standard InChI is InChI=1S/C20H27N3O/c1-4-19(18-8-6-5-7-9-18)23(15-16(2)3)20(24)22-14-17-10-12-21-13-11-17/h5-13,16,19H,4,14-15H2,1-3H3,(H,22,24)/t19-/m0/s1. The first-order valence-corrected chi connectivity index (χ1v) is 8.60. The molecule has 128 valence electrons. The lowest BCUT2D eigenvalue weighted by molar-refractivity contribution is 0.162. The van der Waals surface area contributed by atoms with Gasteiger partial charge in [-0.2, -0.15) is 0 Å². The highest BCUT2D eigenvalue weighted by Crippen LogP contribution is 2.25. The number of aromatic nitrogens is 1. The summed E-state index contributed by atoms with van der Waals surface area (Å²) in [6.45, 7) is 7.65. The third-order valence-corrected chi connectivity index (χ3v) is 3.96. The van der Waals surface area contributed by atoms with Crippen LogP contribution in [-0.4, -0.2) is 22.5 Å². The maximum Gasteiger partial charge on any atom is 0.318 e. The minimum Gasteiger partial charge on any atom is -0.334 e. The number of rotatable bonds is 7. The third kappa shape index (κ3) is 5.08. The molecule has 0 saturated heterocycles. The first kappa shape index (κ1) is 18.0. The number of hydrogen-bond donors (Lipinski definition) is 1. The predicted molar refractivity (Wildman–Crippen MR) is 97.5 cm³/mol. The zero-order valence-electron chi connectivity index (χ0n) is 14.8. The van der Waals surface area contributed by atoms with Crippen molar-refractivity contribution in [3.63, 3.8) is 0 Å². The number of hydrogen-bond acceptors (Lipinski definition) is 2. The zero-order valence-corrected chi connectivity index (χ0v) is 14.8. The third-order valence-electron chi connectivity index (χ3n) is 3.96. The first-order valence-electron chi connectivity index (χ1n) is 8.60. The highest BCUT2D eigenvalue weighted by molar-refractivity contribution is 5.74. The Morgan fingerprint density at radius 1 is 1.12 bits per heavy atom. The minimum absolute atomic E-state index is 0.0174. The van der Waals surface area contributed by atoms with Crippen LogP contribution in [0.1, 0.15) is 44.4 Å². The molecule has 0 aliphatic heterocycles. The van der Waals surface area contributed by atoms with Gasteiger partial charge in [0.2, 0.25) is 0 Å². The van der Waals surface area contributed by atoms with Gasteiger partial charge in [0.1, 0.15) is 0 Å². The van der Waals surface area contributed by atoms with E-state index in [2.05, 4.69) is 43.2 Å². The van der Waals surface area contributed by atoms with E-state index in [0.29, 0.717) is 12.5 Å². The van der Waals surface area contributed by atoms with Gasteiger partial charge in [0.15, 0.2) is 0 Å². The molecule has 1 N–H and O–H groups in total. The molecule has 2 rings (SSSR count). The van der Waals surface area contributed by atoms with Gasteiger partial charge in [-0.25, -0.2) is 4.79 Å². The Kier molecular flexibility index (Phi) is 6.79. The van der Waals surface area contributed by atoms with Crippen molar-refractivity contribution in [2.75, 3.05) is 6.54 Å². The van der Waals surface area contributed by atoms with Crippen molar-refractivity contribution in [1.82, 2.24) is 15.2 Å². The fourth-order valence-corrected chi connectivity index (χ4v) is 2.84. The van der Waals surface area contributed by atoms with Crippen molar-refractivity contribution >= 4 is 6.03 Å². The summed E-state index contributed by atoms with van der Waals surface area (Å²) in [6.07, 6.45) is 4.37. The number of benzene rings is 1. The summed E-state index contributed by atoms with van der Waals surface area (Å²) < 4.78 is 0. The van der Waals surface area contributed by atoms with Crippen LogP contribution in [0.15, 0.2) is 54.9 Å². The molecular weight excluding hydrogens is 298 g/mol. The van der Waals surface area contributed by atoms with Gasteiger partial charge < -0.3 is 10.2 Å². The first-order chi connectivity index (χ1) is 11.6. The summed E-state index contributed by atoms with van der Waals surface area (Å²) in [4.78, 5) is 18.8. The summed E-state index contributed by atoms with van der Waals surface area (Å²) in [5, 5.41) is 3.05. The normalized spacial score (nSPS) is 12.0. The number of carbonyl (C=O) groups excluding carboxylic acids is 1. The molecule has 0 saturated carbocycles. The summed E-state index contributed by atoms with van der Waals surface area (Å²) >= 11 is 0. The molecule has 1 atom stereocenters. The Morgan fingerprint density at radius 2 is 1.79 bits per heavy atom. The van der Waals surface area contributed by atoms with Crippen molar-refractivity contribution in [2.24, 2.45) is 5.92 Å². The molecule has 0 bridgehead atoms. The van der Waals surface area contributed by atoms with Crippen LogP contribution in [0.25, 0.3) is 0 Å². The molecule has 2 aromatic rings. The number of nitrogens with zero attached hydrogens (tertiary/aromatic N) is 2. The molecule has 0 fully saturated rings. The van der Waals surface area contributed by atoms with Gasteiger partial charge in [-0.3, -0.25) is 4.98 Å². The molecule has 0 aliphatic carbocycles. The van der Waals surface area contributed by atoms with Crippen molar-refractivity contribution in [2.45, 2.75) is 39.8 Å². The van der Waals surface area contributed by atoms with Crippen LogP contribution < -0.4 is 5.32 Å². The fourth-order valence-electron chi connectivity index (χ4n) is 2.84. The fraction of sp³-hybridized carbons (Fsp3) is 0.400. The lowest BCUT2D eigenvalue weighted by Crippen LogP contribution is -2.43. The Labute approximate surface area is 144 Å². The molecule has 4 heteroatoms. The quantitative estimate of drug-likeness (QED) is 0.820. The SMILES string of the molecule is CC[C@@H](c1ccccc1)N(CC(C)C)C(=O)NCc1ccncc1. The van der Waals surface area contributed by atoms with Gasteiger partial charge in [-0.05, 0) is 35.6 Å². The van der Waals surface area contributed by atoms with E-state index in [1.54, 1.807) is 12.4 Å². The second-order valence-electron chi connectivity index (χ2n) is 6.40. The lowest BCUT2D eigenvalue weighted by Gasteiger charge is -2.33.